The van der Waals surface area contributed by atoms with Crippen LogP contribution in [0.4, 0.5) is 0 Å². The predicted molar refractivity (Wildman–Crippen MR) is 97.0 cm³/mol. The Kier molecular flexibility index (Phi) is 5.63. The summed E-state index contributed by atoms with van der Waals surface area (Å²) in [4.78, 5) is 16.5. The summed E-state index contributed by atoms with van der Waals surface area (Å²) in [6, 6.07) is 12.6. The quantitative estimate of drug-likeness (QED) is 0.852. The third-order valence-corrected chi connectivity index (χ3v) is 4.36. The molecule has 2 aromatic rings. The van der Waals surface area contributed by atoms with Crippen molar-refractivity contribution in [3.63, 3.8) is 0 Å². The van der Waals surface area contributed by atoms with E-state index in [-0.39, 0.29) is 11.3 Å². The maximum atomic E-state index is 12.4. The van der Waals surface area contributed by atoms with E-state index in [9.17, 15) is 10.1 Å². The third-order valence-electron chi connectivity index (χ3n) is 3.72. The summed E-state index contributed by atoms with van der Waals surface area (Å²) in [7, 11) is 0. The summed E-state index contributed by atoms with van der Waals surface area (Å²) in [6.07, 6.45) is 3.50. The Morgan fingerprint density at radius 3 is 2.46 bits per heavy atom. The predicted octanol–water partition coefficient (Wildman–Crippen LogP) is 4.10. The number of nitrogens with one attached hydrogen (secondary N) is 1. The van der Waals surface area contributed by atoms with Crippen LogP contribution in [0.2, 0.25) is 0 Å². The summed E-state index contributed by atoms with van der Waals surface area (Å²) >= 11 is 1.47. The van der Waals surface area contributed by atoms with Gasteiger partial charge in [-0.3, -0.25) is 4.79 Å². The van der Waals surface area contributed by atoms with Gasteiger partial charge < -0.3 is 5.32 Å². The number of hydrogen-bond donors (Lipinski definition) is 1. The number of hydrogen-bond acceptors (Lipinski definition) is 4. The number of thioether (sulfide) groups is 1. The van der Waals surface area contributed by atoms with E-state index in [0.717, 1.165) is 10.6 Å². The highest BCUT2D eigenvalue weighted by Gasteiger charge is 2.18. The Balaban J connectivity index is 2.17. The Morgan fingerprint density at radius 2 is 1.92 bits per heavy atom. The van der Waals surface area contributed by atoms with Crippen molar-refractivity contribution in [3.8, 4) is 6.07 Å². The second-order valence-corrected chi connectivity index (χ2v) is 7.32. The first-order valence-corrected chi connectivity index (χ1v) is 8.88. The topological polar surface area (TPSA) is 65.8 Å². The Labute approximate surface area is 147 Å². The first-order chi connectivity index (χ1) is 11.3. The highest BCUT2D eigenvalue weighted by atomic mass is 32.2. The van der Waals surface area contributed by atoms with Gasteiger partial charge in [0, 0.05) is 11.8 Å². The maximum Gasteiger partial charge on any atom is 0.252 e. The standard InChI is InChI=1S/C19H21N3OS/c1-19(2,3)15-7-5-13(6-8-15)16(12-20)22-18(23)14-9-10-21-17(11-14)24-4/h5-11,16H,1-4H3,(H,22,23). The lowest BCUT2D eigenvalue weighted by Crippen LogP contribution is -2.27. The van der Waals surface area contributed by atoms with E-state index >= 15 is 0 Å². The van der Waals surface area contributed by atoms with Gasteiger partial charge in [0.05, 0.1) is 11.1 Å². The van der Waals surface area contributed by atoms with Gasteiger partial charge in [0.1, 0.15) is 6.04 Å². The molecule has 4 nitrogen and oxygen atoms in total. The zero-order valence-corrected chi connectivity index (χ0v) is 15.1. The van der Waals surface area contributed by atoms with Gasteiger partial charge in [0.15, 0.2) is 0 Å². The first-order valence-electron chi connectivity index (χ1n) is 7.66. The van der Waals surface area contributed by atoms with Crippen molar-refractivity contribution < 1.29 is 4.79 Å². The Hall–Kier alpha value is -2.32. The highest BCUT2D eigenvalue weighted by molar-refractivity contribution is 7.98. The lowest BCUT2D eigenvalue weighted by Gasteiger charge is -2.20. The van der Waals surface area contributed by atoms with Crippen LogP contribution in [0.3, 0.4) is 0 Å². The van der Waals surface area contributed by atoms with Crippen LogP contribution in [0.15, 0.2) is 47.6 Å². The van der Waals surface area contributed by atoms with E-state index in [4.69, 9.17) is 0 Å². The van der Waals surface area contributed by atoms with Crippen molar-refractivity contribution >= 4 is 17.7 Å². The van der Waals surface area contributed by atoms with Crippen molar-refractivity contribution in [2.75, 3.05) is 6.26 Å². The molecule has 0 spiro atoms. The van der Waals surface area contributed by atoms with Gasteiger partial charge in [-0.1, -0.05) is 45.0 Å². The van der Waals surface area contributed by atoms with Crippen LogP contribution < -0.4 is 5.32 Å². The number of pyridine rings is 1. The minimum absolute atomic E-state index is 0.0508. The minimum atomic E-state index is -0.683. The molecule has 0 fully saturated rings. The molecule has 1 aromatic heterocycles. The van der Waals surface area contributed by atoms with Crippen molar-refractivity contribution in [2.24, 2.45) is 0 Å². The van der Waals surface area contributed by atoms with Gasteiger partial charge in [-0.2, -0.15) is 5.26 Å². The van der Waals surface area contributed by atoms with E-state index < -0.39 is 6.04 Å². The molecule has 1 heterocycles. The van der Waals surface area contributed by atoms with Gasteiger partial charge in [-0.15, -0.1) is 11.8 Å². The lowest BCUT2D eigenvalue weighted by atomic mass is 9.86. The van der Waals surface area contributed by atoms with Crippen LogP contribution >= 0.6 is 11.8 Å². The van der Waals surface area contributed by atoms with Crippen LogP contribution in [0.5, 0.6) is 0 Å². The fourth-order valence-corrected chi connectivity index (χ4v) is 2.65. The molecule has 2 rings (SSSR count). The van der Waals surface area contributed by atoms with Crippen molar-refractivity contribution in [1.82, 2.24) is 10.3 Å². The molecule has 1 N–H and O–H groups in total. The number of carbonyl (C=O) groups is 1. The molecule has 1 atom stereocenters. The molecule has 0 aliphatic rings. The summed E-state index contributed by atoms with van der Waals surface area (Å²) in [6.45, 7) is 6.41. The monoisotopic (exact) mass is 339 g/mol. The average Bonchev–Trinajstić information content (AvgIpc) is 2.59. The van der Waals surface area contributed by atoms with E-state index in [1.807, 2.05) is 30.5 Å². The normalized spacial score (nSPS) is 12.3. The molecule has 1 aromatic carbocycles. The number of nitriles is 1. The van der Waals surface area contributed by atoms with Crippen molar-refractivity contribution in [2.45, 2.75) is 37.3 Å². The number of amides is 1. The highest BCUT2D eigenvalue weighted by Crippen LogP contribution is 2.24. The Morgan fingerprint density at radius 1 is 1.25 bits per heavy atom. The van der Waals surface area contributed by atoms with Crippen molar-refractivity contribution in [3.05, 3.63) is 59.3 Å². The largest absolute Gasteiger partial charge is 0.332 e. The Bertz CT molecular complexity index is 757. The number of carbonyl (C=O) groups excluding carboxylic acids is 1. The molecule has 24 heavy (non-hydrogen) atoms. The van der Waals surface area contributed by atoms with Gasteiger partial charge in [0.25, 0.3) is 5.91 Å². The molecule has 0 aliphatic heterocycles. The molecule has 0 saturated heterocycles. The molecular formula is C19H21N3OS. The average molecular weight is 339 g/mol. The molecule has 124 valence electrons. The van der Waals surface area contributed by atoms with Crippen LogP contribution in [0.1, 0.15) is 48.3 Å². The van der Waals surface area contributed by atoms with Crippen LogP contribution in [0, 0.1) is 11.3 Å². The molecule has 0 saturated carbocycles. The first kappa shape index (κ1) is 18.0. The molecule has 1 amide bonds. The number of nitrogens with zero attached hydrogens (tertiary/aromatic N) is 2. The van der Waals surface area contributed by atoms with Gasteiger partial charge >= 0.3 is 0 Å². The van der Waals surface area contributed by atoms with E-state index in [1.165, 1.54) is 17.3 Å². The summed E-state index contributed by atoms with van der Waals surface area (Å²) < 4.78 is 0. The van der Waals surface area contributed by atoms with E-state index in [2.05, 4.69) is 37.1 Å². The number of benzene rings is 1. The minimum Gasteiger partial charge on any atom is -0.332 e. The molecule has 1 unspecified atom stereocenters. The zero-order valence-electron chi connectivity index (χ0n) is 14.3. The zero-order chi connectivity index (χ0) is 17.7. The SMILES string of the molecule is CSc1cc(C(=O)NC(C#N)c2ccc(C(C)(C)C)cc2)ccn1. The molecule has 0 aliphatic carbocycles. The van der Waals surface area contributed by atoms with Crippen LogP contribution in [-0.4, -0.2) is 17.1 Å². The number of aromatic nitrogens is 1. The third kappa shape index (κ3) is 4.36. The van der Waals surface area contributed by atoms with Gasteiger partial charge in [-0.05, 0) is 34.9 Å². The van der Waals surface area contributed by atoms with E-state index in [1.54, 1.807) is 18.3 Å². The molecular weight excluding hydrogens is 318 g/mol. The fourth-order valence-electron chi connectivity index (χ4n) is 2.24. The fraction of sp³-hybridized carbons (Fsp3) is 0.316. The van der Waals surface area contributed by atoms with Crippen molar-refractivity contribution in [1.29, 1.82) is 5.26 Å². The van der Waals surface area contributed by atoms with Crippen LogP contribution in [-0.2, 0) is 5.41 Å². The smallest absolute Gasteiger partial charge is 0.252 e. The molecule has 0 bridgehead atoms. The van der Waals surface area contributed by atoms with Gasteiger partial charge in [-0.25, -0.2) is 4.98 Å². The lowest BCUT2D eigenvalue weighted by molar-refractivity contribution is 0.0944. The van der Waals surface area contributed by atoms with Gasteiger partial charge in [0.2, 0.25) is 0 Å². The summed E-state index contributed by atoms with van der Waals surface area (Å²) in [5, 5.41) is 13.0. The summed E-state index contributed by atoms with van der Waals surface area (Å²) in [5.74, 6) is -0.279. The molecule has 0 radical (unpaired) electrons. The molecule has 5 heteroatoms. The second kappa shape index (κ2) is 7.50. The number of rotatable bonds is 4. The second-order valence-electron chi connectivity index (χ2n) is 6.49. The van der Waals surface area contributed by atoms with Crippen LogP contribution in [0.25, 0.3) is 0 Å². The van der Waals surface area contributed by atoms with E-state index in [0.29, 0.717) is 5.56 Å². The maximum absolute atomic E-state index is 12.4. The summed E-state index contributed by atoms with van der Waals surface area (Å²) in [5.41, 5.74) is 2.52.